The van der Waals surface area contributed by atoms with Gasteiger partial charge in [-0.25, -0.2) is 19.9 Å². The number of imidazole rings is 1. The van der Waals surface area contributed by atoms with Crippen LogP contribution >= 0.6 is 0 Å². The molecule has 0 amide bonds. The van der Waals surface area contributed by atoms with Gasteiger partial charge in [0.2, 0.25) is 5.88 Å². The zero-order valence-corrected chi connectivity index (χ0v) is 22.3. The molecule has 1 aromatic carbocycles. The highest BCUT2D eigenvalue weighted by molar-refractivity contribution is 5.91. The summed E-state index contributed by atoms with van der Waals surface area (Å²) in [6.07, 6.45) is 8.52. The zero-order chi connectivity index (χ0) is 26.2. The Morgan fingerprint density at radius 3 is 2.58 bits per heavy atom. The number of nitrogens with zero attached hydrogens (tertiary/aromatic N) is 5. The molecule has 8 nitrogen and oxygen atoms in total. The molecule has 4 aromatic rings. The number of fused-ring (bicyclic) bond motifs is 1. The van der Waals surface area contributed by atoms with Crippen LogP contribution < -0.4 is 14.4 Å². The van der Waals surface area contributed by atoms with E-state index in [9.17, 15) is 0 Å². The third kappa shape index (κ3) is 4.40. The highest BCUT2D eigenvalue weighted by atomic mass is 16.5. The van der Waals surface area contributed by atoms with Crippen LogP contribution in [0.15, 0.2) is 42.9 Å². The Morgan fingerprint density at radius 1 is 0.947 bits per heavy atom. The first-order valence-corrected chi connectivity index (χ1v) is 13.1. The second kappa shape index (κ2) is 9.93. The van der Waals surface area contributed by atoms with E-state index in [0.717, 1.165) is 89.1 Å². The van der Waals surface area contributed by atoms with Crippen molar-refractivity contribution in [1.82, 2.24) is 24.9 Å². The molecule has 1 N–H and O–H groups in total. The van der Waals surface area contributed by atoms with Gasteiger partial charge >= 0.3 is 0 Å². The predicted octanol–water partition coefficient (Wildman–Crippen LogP) is 5.38. The summed E-state index contributed by atoms with van der Waals surface area (Å²) in [6.45, 7) is 6.00. The minimum Gasteiger partial charge on any atom is -0.496 e. The van der Waals surface area contributed by atoms with Gasteiger partial charge < -0.3 is 19.4 Å². The summed E-state index contributed by atoms with van der Waals surface area (Å²) < 4.78 is 10.8. The molecule has 4 heterocycles. The number of hydrogen-bond donors (Lipinski definition) is 1. The van der Waals surface area contributed by atoms with Gasteiger partial charge in [-0.15, -0.1) is 0 Å². The maximum atomic E-state index is 5.53. The third-order valence-electron chi connectivity index (χ3n) is 7.70. The fourth-order valence-electron chi connectivity index (χ4n) is 5.56. The van der Waals surface area contributed by atoms with Crippen LogP contribution in [0.5, 0.6) is 11.6 Å². The van der Waals surface area contributed by atoms with Crippen molar-refractivity contribution >= 4 is 17.5 Å². The SMILES string of the molecule is COc1cc(C2=Cc3c(ncnc3N3CCC(c4nc(-c5ccc(C)c(OC)c5)c(C)[nH]4)CC3)C2)ccn1. The number of methoxy groups -OCH3 is 2. The van der Waals surface area contributed by atoms with Gasteiger partial charge in [-0.1, -0.05) is 12.1 Å². The number of piperidine rings is 1. The Morgan fingerprint density at radius 2 is 1.79 bits per heavy atom. The highest BCUT2D eigenvalue weighted by Crippen LogP contribution is 2.38. The van der Waals surface area contributed by atoms with E-state index in [2.05, 4.69) is 58.0 Å². The Bertz CT molecular complexity index is 1520. The summed E-state index contributed by atoms with van der Waals surface area (Å²) in [5, 5.41) is 0. The molecule has 0 radical (unpaired) electrons. The first-order chi connectivity index (χ1) is 18.5. The van der Waals surface area contributed by atoms with E-state index in [0.29, 0.717) is 11.8 Å². The lowest BCUT2D eigenvalue weighted by Gasteiger charge is -2.32. The quantitative estimate of drug-likeness (QED) is 0.374. The molecule has 1 fully saturated rings. The number of hydrogen-bond acceptors (Lipinski definition) is 7. The summed E-state index contributed by atoms with van der Waals surface area (Å²) in [4.78, 5) is 24.6. The molecule has 1 aliphatic heterocycles. The summed E-state index contributed by atoms with van der Waals surface area (Å²) >= 11 is 0. The number of nitrogens with one attached hydrogen (secondary N) is 1. The minimum absolute atomic E-state index is 0.385. The van der Waals surface area contributed by atoms with Crippen LogP contribution in [0.2, 0.25) is 0 Å². The van der Waals surface area contributed by atoms with Gasteiger partial charge in [0.25, 0.3) is 0 Å². The molecule has 38 heavy (non-hydrogen) atoms. The van der Waals surface area contributed by atoms with Crippen LogP contribution in [0.25, 0.3) is 22.9 Å². The standard InChI is InChI=1S/C30H32N6O2/c1-18-5-6-22(15-26(18)37-3)28-19(2)34-29(35-28)20-8-11-36(12-9-20)30-24-13-23(14-25(24)32-17-33-30)21-7-10-31-27(16-21)38-4/h5-7,10,13,15-17,20H,8-9,11-12,14H2,1-4H3,(H,34,35). The number of aromatic nitrogens is 5. The number of rotatable bonds is 6. The third-order valence-corrected chi connectivity index (χ3v) is 7.70. The smallest absolute Gasteiger partial charge is 0.213 e. The number of aryl methyl sites for hydroxylation is 2. The number of H-pyrrole nitrogens is 1. The summed E-state index contributed by atoms with van der Waals surface area (Å²) in [5.41, 5.74) is 8.81. The van der Waals surface area contributed by atoms with Crippen LogP contribution in [0.4, 0.5) is 5.82 Å². The Kier molecular flexibility index (Phi) is 6.31. The maximum absolute atomic E-state index is 5.53. The minimum atomic E-state index is 0.385. The molecule has 0 bridgehead atoms. The van der Waals surface area contributed by atoms with Gasteiger partial charge in [-0.2, -0.15) is 0 Å². The van der Waals surface area contributed by atoms with Crippen molar-refractivity contribution in [1.29, 1.82) is 0 Å². The van der Waals surface area contributed by atoms with Gasteiger partial charge in [-0.3, -0.25) is 0 Å². The number of anilines is 1. The van der Waals surface area contributed by atoms with Crippen LogP contribution in [-0.2, 0) is 6.42 Å². The zero-order valence-electron chi connectivity index (χ0n) is 22.3. The molecule has 0 unspecified atom stereocenters. The van der Waals surface area contributed by atoms with Crippen LogP contribution in [0, 0.1) is 13.8 Å². The van der Waals surface area contributed by atoms with Crippen LogP contribution in [0.3, 0.4) is 0 Å². The molecular formula is C30H32N6O2. The average Bonchev–Trinajstić information content (AvgIpc) is 3.57. The van der Waals surface area contributed by atoms with Gasteiger partial charge in [0.1, 0.15) is 23.7 Å². The Labute approximate surface area is 222 Å². The van der Waals surface area contributed by atoms with Gasteiger partial charge in [0, 0.05) is 54.5 Å². The van der Waals surface area contributed by atoms with Gasteiger partial charge in [0.15, 0.2) is 0 Å². The van der Waals surface area contributed by atoms with Crippen LogP contribution in [0.1, 0.15) is 52.7 Å². The maximum Gasteiger partial charge on any atom is 0.213 e. The summed E-state index contributed by atoms with van der Waals surface area (Å²) in [7, 11) is 3.35. The monoisotopic (exact) mass is 508 g/mol. The highest BCUT2D eigenvalue weighted by Gasteiger charge is 2.28. The molecule has 0 saturated carbocycles. The molecule has 3 aromatic heterocycles. The average molecular weight is 509 g/mol. The van der Waals surface area contributed by atoms with Crippen molar-refractivity contribution in [3.8, 4) is 22.9 Å². The summed E-state index contributed by atoms with van der Waals surface area (Å²) in [6, 6.07) is 10.3. The summed E-state index contributed by atoms with van der Waals surface area (Å²) in [5.74, 6) is 3.98. The molecule has 1 aliphatic carbocycles. The fourth-order valence-corrected chi connectivity index (χ4v) is 5.56. The lowest BCUT2D eigenvalue weighted by Crippen LogP contribution is -2.34. The first-order valence-electron chi connectivity index (χ1n) is 13.1. The van der Waals surface area contributed by atoms with E-state index in [-0.39, 0.29) is 0 Å². The fraction of sp³-hybridized carbons (Fsp3) is 0.333. The molecule has 194 valence electrons. The molecule has 2 aliphatic rings. The van der Waals surface area contributed by atoms with Crippen molar-refractivity contribution in [2.75, 3.05) is 32.2 Å². The van der Waals surface area contributed by atoms with Crippen LogP contribution in [-0.4, -0.2) is 52.2 Å². The van der Waals surface area contributed by atoms with Gasteiger partial charge in [0.05, 0.1) is 25.6 Å². The molecule has 0 spiro atoms. The Hall–Kier alpha value is -4.20. The largest absolute Gasteiger partial charge is 0.496 e. The van der Waals surface area contributed by atoms with E-state index in [4.69, 9.17) is 19.4 Å². The normalized spacial score (nSPS) is 15.4. The van der Waals surface area contributed by atoms with E-state index in [1.807, 2.05) is 12.1 Å². The van der Waals surface area contributed by atoms with Crippen molar-refractivity contribution in [3.63, 3.8) is 0 Å². The topological polar surface area (TPSA) is 89.0 Å². The van der Waals surface area contributed by atoms with Crippen molar-refractivity contribution in [3.05, 3.63) is 76.8 Å². The molecule has 1 saturated heterocycles. The van der Waals surface area contributed by atoms with Crippen molar-refractivity contribution < 1.29 is 9.47 Å². The lowest BCUT2D eigenvalue weighted by molar-refractivity contribution is 0.398. The molecule has 0 atom stereocenters. The van der Waals surface area contributed by atoms with Crippen molar-refractivity contribution in [2.45, 2.75) is 39.0 Å². The van der Waals surface area contributed by atoms with E-state index in [1.54, 1.807) is 26.7 Å². The second-order valence-electron chi connectivity index (χ2n) is 10.0. The predicted molar refractivity (Wildman–Crippen MR) is 149 cm³/mol. The van der Waals surface area contributed by atoms with E-state index >= 15 is 0 Å². The first kappa shape index (κ1) is 24.2. The number of benzene rings is 1. The second-order valence-corrected chi connectivity index (χ2v) is 10.0. The van der Waals surface area contributed by atoms with E-state index in [1.165, 1.54) is 5.57 Å². The molecule has 6 rings (SSSR count). The number of ether oxygens (including phenoxy) is 2. The number of allylic oxidation sites excluding steroid dienone is 1. The molecule has 8 heteroatoms. The Balaban J connectivity index is 1.19. The number of pyridine rings is 1. The van der Waals surface area contributed by atoms with Gasteiger partial charge in [-0.05, 0) is 61.6 Å². The molecular weight excluding hydrogens is 476 g/mol. The van der Waals surface area contributed by atoms with Crippen molar-refractivity contribution in [2.24, 2.45) is 0 Å². The lowest BCUT2D eigenvalue weighted by atomic mass is 9.96. The van der Waals surface area contributed by atoms with E-state index < -0.39 is 0 Å². The number of aromatic amines is 1.